The van der Waals surface area contributed by atoms with E-state index in [0.717, 1.165) is 57.9 Å². The van der Waals surface area contributed by atoms with Crippen LogP contribution in [0.15, 0.2) is 35.3 Å². The SMILES string of the molecule is CN(C)C(=O)CN=C(NCC1CCCO1)N1CCC(Cc2ccccc2)C1.I. The van der Waals surface area contributed by atoms with Gasteiger partial charge in [-0.1, -0.05) is 30.3 Å². The molecule has 156 valence electrons. The van der Waals surface area contributed by atoms with E-state index in [9.17, 15) is 4.79 Å². The summed E-state index contributed by atoms with van der Waals surface area (Å²) in [7, 11) is 3.53. The maximum atomic E-state index is 12.0. The van der Waals surface area contributed by atoms with Crippen LogP contribution in [-0.4, -0.2) is 74.7 Å². The minimum atomic E-state index is 0. The van der Waals surface area contributed by atoms with E-state index in [4.69, 9.17) is 4.74 Å². The molecule has 0 spiro atoms. The second-order valence-corrected chi connectivity index (χ2v) is 7.73. The van der Waals surface area contributed by atoms with Crippen molar-refractivity contribution in [1.29, 1.82) is 0 Å². The number of carbonyl (C=O) groups excluding carboxylic acids is 1. The molecule has 2 saturated heterocycles. The van der Waals surface area contributed by atoms with Gasteiger partial charge in [0.15, 0.2) is 5.96 Å². The molecule has 0 aromatic heterocycles. The highest BCUT2D eigenvalue weighted by Gasteiger charge is 2.26. The number of halogens is 1. The molecule has 28 heavy (non-hydrogen) atoms. The van der Waals surface area contributed by atoms with Crippen molar-refractivity contribution in [2.24, 2.45) is 10.9 Å². The Labute approximate surface area is 185 Å². The number of carbonyl (C=O) groups is 1. The summed E-state index contributed by atoms with van der Waals surface area (Å²) in [5, 5.41) is 3.46. The van der Waals surface area contributed by atoms with Crippen molar-refractivity contribution in [2.45, 2.75) is 31.8 Å². The molecular formula is C21H33IN4O2. The number of guanidine groups is 1. The molecule has 2 atom stereocenters. The summed E-state index contributed by atoms with van der Waals surface area (Å²) in [6.45, 7) is 3.74. The smallest absolute Gasteiger partial charge is 0.243 e. The molecule has 3 rings (SSSR count). The van der Waals surface area contributed by atoms with Crippen molar-refractivity contribution < 1.29 is 9.53 Å². The van der Waals surface area contributed by atoms with Crippen LogP contribution in [0.1, 0.15) is 24.8 Å². The van der Waals surface area contributed by atoms with Crippen LogP contribution in [0, 0.1) is 5.92 Å². The molecule has 1 amide bonds. The first-order valence-corrected chi connectivity index (χ1v) is 10.0. The molecule has 0 aliphatic carbocycles. The van der Waals surface area contributed by atoms with Gasteiger partial charge in [-0.05, 0) is 37.2 Å². The number of likely N-dealkylation sites (tertiary alicyclic amines) is 1. The van der Waals surface area contributed by atoms with Gasteiger partial charge in [-0.15, -0.1) is 24.0 Å². The van der Waals surface area contributed by atoms with Gasteiger partial charge >= 0.3 is 0 Å². The summed E-state index contributed by atoms with van der Waals surface area (Å²) in [5.74, 6) is 1.48. The van der Waals surface area contributed by atoms with Crippen molar-refractivity contribution in [2.75, 3.05) is 46.9 Å². The number of ether oxygens (including phenoxy) is 1. The number of rotatable bonds is 6. The van der Waals surface area contributed by atoms with Crippen LogP contribution >= 0.6 is 24.0 Å². The molecule has 0 bridgehead atoms. The van der Waals surface area contributed by atoms with Crippen molar-refractivity contribution in [1.82, 2.24) is 15.1 Å². The molecule has 1 aromatic carbocycles. The summed E-state index contributed by atoms with van der Waals surface area (Å²) >= 11 is 0. The monoisotopic (exact) mass is 500 g/mol. The van der Waals surface area contributed by atoms with Gasteiger partial charge in [0.25, 0.3) is 0 Å². The van der Waals surface area contributed by atoms with Gasteiger partial charge in [0, 0.05) is 40.3 Å². The zero-order valence-electron chi connectivity index (χ0n) is 17.0. The number of nitrogens with zero attached hydrogens (tertiary/aromatic N) is 3. The maximum absolute atomic E-state index is 12.0. The summed E-state index contributed by atoms with van der Waals surface area (Å²) in [6, 6.07) is 10.7. The lowest BCUT2D eigenvalue weighted by atomic mass is 9.99. The van der Waals surface area contributed by atoms with E-state index in [0.29, 0.717) is 5.92 Å². The van der Waals surface area contributed by atoms with E-state index in [-0.39, 0.29) is 42.5 Å². The van der Waals surface area contributed by atoms with Crippen molar-refractivity contribution >= 4 is 35.8 Å². The fraction of sp³-hybridized carbons (Fsp3) is 0.619. The van der Waals surface area contributed by atoms with Crippen LogP contribution in [0.25, 0.3) is 0 Å². The van der Waals surface area contributed by atoms with Crippen LogP contribution < -0.4 is 5.32 Å². The Hall–Kier alpha value is -1.35. The number of nitrogens with one attached hydrogen (secondary N) is 1. The minimum absolute atomic E-state index is 0. The van der Waals surface area contributed by atoms with Crippen molar-refractivity contribution in [3.05, 3.63) is 35.9 Å². The quantitative estimate of drug-likeness (QED) is 0.371. The largest absolute Gasteiger partial charge is 0.376 e. The number of amides is 1. The standard InChI is InChI=1S/C21H32N4O2.HI/c1-24(2)20(26)15-23-21(22-14-19-9-6-12-27-19)25-11-10-18(16-25)13-17-7-4-3-5-8-17;/h3-5,7-8,18-19H,6,9-16H2,1-2H3,(H,22,23);1H. The Morgan fingerprint density at radius 3 is 2.75 bits per heavy atom. The van der Waals surface area contributed by atoms with Gasteiger partial charge in [0.2, 0.25) is 5.91 Å². The lowest BCUT2D eigenvalue weighted by Crippen LogP contribution is -2.43. The lowest BCUT2D eigenvalue weighted by Gasteiger charge is -2.24. The zero-order chi connectivity index (χ0) is 19.1. The van der Waals surface area contributed by atoms with E-state index in [1.54, 1.807) is 19.0 Å². The van der Waals surface area contributed by atoms with Gasteiger partial charge in [0.05, 0.1) is 6.10 Å². The first-order valence-electron chi connectivity index (χ1n) is 10.0. The van der Waals surface area contributed by atoms with Crippen LogP contribution in [0.2, 0.25) is 0 Å². The first-order chi connectivity index (χ1) is 13.1. The van der Waals surface area contributed by atoms with Gasteiger partial charge < -0.3 is 19.9 Å². The third-order valence-corrected chi connectivity index (χ3v) is 5.33. The number of hydrogen-bond donors (Lipinski definition) is 1. The van der Waals surface area contributed by atoms with E-state index >= 15 is 0 Å². The molecule has 1 N–H and O–H groups in total. The number of hydrogen-bond acceptors (Lipinski definition) is 3. The topological polar surface area (TPSA) is 57.2 Å². The highest BCUT2D eigenvalue weighted by Crippen LogP contribution is 2.21. The maximum Gasteiger partial charge on any atom is 0.243 e. The molecule has 1 aromatic rings. The fourth-order valence-corrected chi connectivity index (χ4v) is 3.70. The fourth-order valence-electron chi connectivity index (χ4n) is 3.70. The molecule has 6 nitrogen and oxygen atoms in total. The Balaban J connectivity index is 0.00000280. The first kappa shape index (κ1) is 22.9. The average molecular weight is 500 g/mol. The van der Waals surface area contributed by atoms with Gasteiger partial charge in [0.1, 0.15) is 6.54 Å². The van der Waals surface area contributed by atoms with Crippen molar-refractivity contribution in [3.63, 3.8) is 0 Å². The predicted octanol–water partition coefficient (Wildman–Crippen LogP) is 2.38. The van der Waals surface area contributed by atoms with Crippen LogP contribution in [0.4, 0.5) is 0 Å². The molecular weight excluding hydrogens is 467 g/mol. The lowest BCUT2D eigenvalue weighted by molar-refractivity contribution is -0.127. The molecule has 2 aliphatic rings. The van der Waals surface area contributed by atoms with E-state index in [2.05, 4.69) is 45.5 Å². The van der Waals surface area contributed by atoms with E-state index < -0.39 is 0 Å². The minimum Gasteiger partial charge on any atom is -0.376 e. The Morgan fingerprint density at radius 1 is 1.29 bits per heavy atom. The molecule has 2 fully saturated rings. The second kappa shape index (κ2) is 11.6. The van der Waals surface area contributed by atoms with Gasteiger partial charge in [-0.2, -0.15) is 0 Å². The number of aliphatic imine (C=N–C) groups is 1. The second-order valence-electron chi connectivity index (χ2n) is 7.73. The average Bonchev–Trinajstić information content (AvgIpc) is 3.34. The van der Waals surface area contributed by atoms with Crippen molar-refractivity contribution in [3.8, 4) is 0 Å². The highest BCUT2D eigenvalue weighted by molar-refractivity contribution is 14.0. The number of benzene rings is 1. The summed E-state index contributed by atoms with van der Waals surface area (Å²) in [6.07, 6.45) is 4.71. The normalized spacial score (nSPS) is 22.1. The predicted molar refractivity (Wildman–Crippen MR) is 123 cm³/mol. The summed E-state index contributed by atoms with van der Waals surface area (Å²) in [4.78, 5) is 20.5. The van der Waals surface area contributed by atoms with Crippen LogP contribution in [0.3, 0.4) is 0 Å². The third-order valence-electron chi connectivity index (χ3n) is 5.33. The molecule has 0 saturated carbocycles. The van der Waals surface area contributed by atoms with Gasteiger partial charge in [-0.3, -0.25) is 4.79 Å². The van der Waals surface area contributed by atoms with Crippen LogP contribution in [0.5, 0.6) is 0 Å². The Bertz CT molecular complexity index is 633. The van der Waals surface area contributed by atoms with E-state index in [1.807, 2.05) is 0 Å². The molecule has 2 heterocycles. The zero-order valence-corrected chi connectivity index (χ0v) is 19.3. The summed E-state index contributed by atoms with van der Waals surface area (Å²) < 4.78 is 5.72. The molecule has 2 aliphatic heterocycles. The molecule has 0 radical (unpaired) electrons. The van der Waals surface area contributed by atoms with E-state index in [1.165, 1.54) is 5.56 Å². The third kappa shape index (κ3) is 6.92. The molecule has 2 unspecified atom stereocenters. The van der Waals surface area contributed by atoms with Gasteiger partial charge in [-0.25, -0.2) is 4.99 Å². The Kier molecular flexibility index (Phi) is 9.50. The molecule has 7 heteroatoms. The van der Waals surface area contributed by atoms with Crippen LogP contribution in [-0.2, 0) is 16.0 Å². The number of likely N-dealkylation sites (N-methyl/N-ethyl adjacent to an activating group) is 1. The summed E-state index contributed by atoms with van der Waals surface area (Å²) in [5.41, 5.74) is 1.39. The highest BCUT2D eigenvalue weighted by atomic mass is 127. The Morgan fingerprint density at radius 2 is 2.07 bits per heavy atom.